The Balaban J connectivity index is 0.00000272. The minimum Gasteiger partial charge on any atom is -0.298 e. The van der Waals surface area contributed by atoms with Crippen molar-refractivity contribution in [2.45, 2.75) is 50.5 Å². The fourth-order valence-electron chi connectivity index (χ4n) is 3.95. The van der Waals surface area contributed by atoms with Crippen LogP contribution in [0.5, 0.6) is 0 Å². The van der Waals surface area contributed by atoms with E-state index in [0.29, 0.717) is 23.8 Å². The van der Waals surface area contributed by atoms with Gasteiger partial charge in [-0.25, -0.2) is 13.4 Å². The second-order valence-corrected chi connectivity index (χ2v) is 10.8. The number of benzene rings is 1. The van der Waals surface area contributed by atoms with E-state index in [2.05, 4.69) is 22.1 Å². The van der Waals surface area contributed by atoms with Gasteiger partial charge in [-0.2, -0.15) is 4.31 Å². The predicted octanol–water partition coefficient (Wildman–Crippen LogP) is 3.76. The van der Waals surface area contributed by atoms with Crippen molar-refractivity contribution in [1.82, 2.24) is 14.2 Å². The Bertz CT molecular complexity index is 1000. The third kappa shape index (κ3) is 5.46. The quantitative estimate of drug-likeness (QED) is 0.698. The summed E-state index contributed by atoms with van der Waals surface area (Å²) in [5, 5.41) is 3.47. The first kappa shape index (κ1) is 24.1. The van der Waals surface area contributed by atoms with Gasteiger partial charge in [-0.1, -0.05) is 19.8 Å². The van der Waals surface area contributed by atoms with Gasteiger partial charge in [0.15, 0.2) is 5.13 Å². The summed E-state index contributed by atoms with van der Waals surface area (Å²) in [5.41, 5.74) is 1.49. The van der Waals surface area contributed by atoms with Crippen molar-refractivity contribution < 1.29 is 13.2 Å². The largest absolute Gasteiger partial charge is 0.298 e. The molecule has 2 aromatic rings. The standard InChI is InChI=1S/C21H28N4O3S2.ClH/c1-2-24-14-11-18-19(15-24)29-21(22-18)23-20(26)16-7-9-17(10-8-16)30(27,28)25-12-5-3-4-6-13-25;/h7-10H,2-6,11-15H2,1H3,(H,22,23,26);1H. The zero-order valence-corrected chi connectivity index (χ0v) is 20.1. The molecule has 1 fully saturated rings. The zero-order valence-electron chi connectivity index (χ0n) is 17.7. The van der Waals surface area contributed by atoms with Crippen LogP contribution in [0, 0.1) is 0 Å². The maximum absolute atomic E-state index is 12.9. The van der Waals surface area contributed by atoms with Crippen LogP contribution in [0.3, 0.4) is 0 Å². The highest BCUT2D eigenvalue weighted by Gasteiger charge is 2.25. The van der Waals surface area contributed by atoms with E-state index in [0.717, 1.165) is 57.4 Å². The molecule has 0 atom stereocenters. The Kier molecular flexibility index (Phi) is 8.09. The summed E-state index contributed by atoms with van der Waals surface area (Å²) < 4.78 is 27.3. The predicted molar refractivity (Wildman–Crippen MR) is 126 cm³/mol. The number of carbonyl (C=O) groups is 1. The number of amides is 1. The van der Waals surface area contributed by atoms with Crippen molar-refractivity contribution in [3.8, 4) is 0 Å². The number of nitrogens with one attached hydrogen (secondary N) is 1. The molecule has 1 aromatic carbocycles. The Morgan fingerprint density at radius 2 is 1.77 bits per heavy atom. The molecule has 1 amide bonds. The summed E-state index contributed by atoms with van der Waals surface area (Å²) in [7, 11) is -3.51. The van der Waals surface area contributed by atoms with Crippen molar-refractivity contribution in [3.63, 3.8) is 0 Å². The average molecular weight is 485 g/mol. The van der Waals surface area contributed by atoms with E-state index in [9.17, 15) is 13.2 Å². The Hall–Kier alpha value is -1.52. The van der Waals surface area contributed by atoms with Crippen molar-refractivity contribution in [1.29, 1.82) is 0 Å². The molecule has 2 aliphatic heterocycles. The molecule has 0 aliphatic carbocycles. The maximum atomic E-state index is 12.9. The van der Waals surface area contributed by atoms with Crippen molar-refractivity contribution in [3.05, 3.63) is 40.4 Å². The first-order valence-electron chi connectivity index (χ1n) is 10.6. The number of hydrogen-bond donors (Lipinski definition) is 1. The third-order valence-electron chi connectivity index (χ3n) is 5.80. The summed E-state index contributed by atoms with van der Waals surface area (Å²) in [6, 6.07) is 6.21. The molecule has 31 heavy (non-hydrogen) atoms. The third-order valence-corrected chi connectivity index (χ3v) is 8.71. The number of fused-ring (bicyclic) bond motifs is 1. The molecule has 1 saturated heterocycles. The van der Waals surface area contributed by atoms with Crippen LogP contribution in [0.2, 0.25) is 0 Å². The molecule has 1 N–H and O–H groups in total. The van der Waals surface area contributed by atoms with Gasteiger partial charge in [0.2, 0.25) is 10.0 Å². The average Bonchev–Trinajstić information content (AvgIpc) is 2.95. The van der Waals surface area contributed by atoms with Crippen LogP contribution < -0.4 is 5.32 Å². The lowest BCUT2D eigenvalue weighted by Gasteiger charge is -2.23. The highest BCUT2D eigenvalue weighted by molar-refractivity contribution is 7.89. The van der Waals surface area contributed by atoms with E-state index in [1.165, 1.54) is 28.3 Å². The highest BCUT2D eigenvalue weighted by atomic mass is 35.5. The number of sulfonamides is 1. The Labute approximate surface area is 194 Å². The van der Waals surface area contributed by atoms with E-state index in [4.69, 9.17) is 0 Å². The molecule has 0 bridgehead atoms. The van der Waals surface area contributed by atoms with Gasteiger partial charge in [-0.15, -0.1) is 23.7 Å². The molecular weight excluding hydrogens is 456 g/mol. The fraction of sp³-hybridized carbons (Fsp3) is 0.524. The molecule has 4 rings (SSSR count). The van der Waals surface area contributed by atoms with Crippen LogP contribution in [0.1, 0.15) is 53.5 Å². The van der Waals surface area contributed by atoms with E-state index in [1.807, 2.05) is 0 Å². The van der Waals surface area contributed by atoms with Gasteiger partial charge >= 0.3 is 0 Å². The number of thiazole rings is 1. The van der Waals surface area contributed by atoms with Crippen molar-refractivity contribution >= 4 is 44.8 Å². The number of nitrogens with zero attached hydrogens (tertiary/aromatic N) is 3. The first-order valence-corrected chi connectivity index (χ1v) is 12.9. The number of aromatic nitrogens is 1. The van der Waals surface area contributed by atoms with Gasteiger partial charge in [-0.05, 0) is 43.7 Å². The topological polar surface area (TPSA) is 82.6 Å². The van der Waals surface area contributed by atoms with E-state index >= 15 is 0 Å². The van der Waals surface area contributed by atoms with Crippen LogP contribution in [0.15, 0.2) is 29.2 Å². The number of halogens is 1. The number of carbonyl (C=O) groups excluding carboxylic acids is 1. The molecule has 2 aliphatic rings. The van der Waals surface area contributed by atoms with E-state index < -0.39 is 10.0 Å². The second-order valence-electron chi connectivity index (χ2n) is 7.80. The van der Waals surface area contributed by atoms with Crippen molar-refractivity contribution in [2.24, 2.45) is 0 Å². The molecule has 7 nitrogen and oxygen atoms in total. The number of rotatable bonds is 5. The lowest BCUT2D eigenvalue weighted by Crippen LogP contribution is -2.31. The normalized spacial score (nSPS) is 18.0. The van der Waals surface area contributed by atoms with Crippen LogP contribution in [0.25, 0.3) is 0 Å². The van der Waals surface area contributed by atoms with Crippen LogP contribution in [-0.4, -0.2) is 54.7 Å². The molecule has 0 radical (unpaired) electrons. The molecule has 0 spiro atoms. The van der Waals surface area contributed by atoms with Gasteiger partial charge in [0.25, 0.3) is 5.91 Å². The first-order chi connectivity index (χ1) is 14.5. The van der Waals surface area contributed by atoms with E-state index in [-0.39, 0.29) is 23.2 Å². The summed E-state index contributed by atoms with van der Waals surface area (Å²) >= 11 is 1.52. The van der Waals surface area contributed by atoms with Crippen LogP contribution in [0.4, 0.5) is 5.13 Å². The SMILES string of the molecule is CCN1CCc2nc(NC(=O)c3ccc(S(=O)(=O)N4CCCCCC4)cc3)sc2C1.Cl. The molecule has 0 unspecified atom stereocenters. The molecule has 170 valence electrons. The molecule has 0 saturated carbocycles. The number of hydrogen-bond acceptors (Lipinski definition) is 6. The van der Waals surface area contributed by atoms with Gasteiger partial charge in [0.05, 0.1) is 10.6 Å². The summed E-state index contributed by atoms with van der Waals surface area (Å²) in [6.45, 7) is 6.15. The lowest BCUT2D eigenvalue weighted by molar-refractivity contribution is 0.102. The molecule has 1 aromatic heterocycles. The summed E-state index contributed by atoms with van der Waals surface area (Å²) in [6.07, 6.45) is 4.84. The van der Waals surface area contributed by atoms with Crippen molar-refractivity contribution in [2.75, 3.05) is 31.5 Å². The summed E-state index contributed by atoms with van der Waals surface area (Å²) in [5.74, 6) is -0.271. The monoisotopic (exact) mass is 484 g/mol. The van der Waals surface area contributed by atoms with Crippen LogP contribution in [-0.2, 0) is 23.0 Å². The lowest BCUT2D eigenvalue weighted by atomic mass is 10.2. The minimum absolute atomic E-state index is 0. The van der Waals surface area contributed by atoms with E-state index in [1.54, 1.807) is 16.4 Å². The maximum Gasteiger partial charge on any atom is 0.257 e. The van der Waals surface area contributed by atoms with Gasteiger partial charge in [-0.3, -0.25) is 15.0 Å². The Morgan fingerprint density at radius 1 is 1.10 bits per heavy atom. The second kappa shape index (κ2) is 10.4. The highest BCUT2D eigenvalue weighted by Crippen LogP contribution is 2.28. The zero-order chi connectivity index (χ0) is 21.1. The Morgan fingerprint density at radius 3 is 2.42 bits per heavy atom. The summed E-state index contributed by atoms with van der Waals surface area (Å²) in [4.78, 5) is 21.0. The fourth-order valence-corrected chi connectivity index (χ4v) is 6.51. The number of likely N-dealkylation sites (N-methyl/N-ethyl adjacent to an activating group) is 1. The van der Waals surface area contributed by atoms with Crippen LogP contribution >= 0.6 is 23.7 Å². The van der Waals surface area contributed by atoms with Gasteiger partial charge in [0.1, 0.15) is 0 Å². The van der Waals surface area contributed by atoms with Gasteiger partial charge < -0.3 is 0 Å². The molecule has 10 heteroatoms. The smallest absolute Gasteiger partial charge is 0.257 e. The molecular formula is C21H29ClN4O3S2. The number of anilines is 1. The molecule has 3 heterocycles. The minimum atomic E-state index is -3.51. The van der Waals surface area contributed by atoms with Gasteiger partial charge in [0, 0.05) is 43.0 Å².